The van der Waals surface area contributed by atoms with Gasteiger partial charge in [0.05, 0.1) is 17.3 Å². The molecule has 1 N–H and O–H groups in total. The van der Waals surface area contributed by atoms with Crippen molar-refractivity contribution in [3.05, 3.63) is 21.5 Å². The van der Waals surface area contributed by atoms with E-state index in [0.29, 0.717) is 15.9 Å². The highest BCUT2D eigenvalue weighted by Crippen LogP contribution is 2.35. The summed E-state index contributed by atoms with van der Waals surface area (Å²) in [5, 5.41) is 5.77. The molecule has 13 heavy (non-hydrogen) atoms. The smallest absolute Gasteiger partial charge is 0.143 e. The van der Waals surface area contributed by atoms with E-state index in [2.05, 4.69) is 26.4 Å². The number of nitroso groups, excluding NO2 is 1. The standard InChI is InChI=1S/C8H9BrN2O2/c1-10-7-4-6(11-12)5(9)3-8(7)13-2/h3-4,10H,1-2H3. The lowest BCUT2D eigenvalue weighted by Crippen LogP contribution is -1.93. The first-order valence-corrected chi connectivity index (χ1v) is 4.41. The van der Waals surface area contributed by atoms with Crippen molar-refractivity contribution in [3.63, 3.8) is 0 Å². The number of hydrogen-bond donors (Lipinski definition) is 1. The van der Waals surface area contributed by atoms with Crippen LogP contribution in [0.15, 0.2) is 21.8 Å². The van der Waals surface area contributed by atoms with Gasteiger partial charge in [0.25, 0.3) is 0 Å². The largest absolute Gasteiger partial charge is 0.495 e. The number of nitrogens with one attached hydrogen (secondary N) is 1. The van der Waals surface area contributed by atoms with E-state index in [4.69, 9.17) is 4.74 Å². The Hall–Kier alpha value is -1.10. The molecule has 1 aromatic rings. The fraction of sp³-hybridized carbons (Fsp3) is 0.250. The second-order valence-corrected chi connectivity index (χ2v) is 3.20. The van der Waals surface area contributed by atoms with E-state index in [9.17, 15) is 4.91 Å². The maximum Gasteiger partial charge on any atom is 0.143 e. The summed E-state index contributed by atoms with van der Waals surface area (Å²) in [5.41, 5.74) is 1.09. The molecule has 0 atom stereocenters. The van der Waals surface area contributed by atoms with E-state index in [1.165, 1.54) is 0 Å². The van der Waals surface area contributed by atoms with Gasteiger partial charge in [0, 0.05) is 7.05 Å². The van der Waals surface area contributed by atoms with Gasteiger partial charge in [-0.3, -0.25) is 0 Å². The van der Waals surface area contributed by atoms with Gasteiger partial charge in [0.15, 0.2) is 0 Å². The maximum absolute atomic E-state index is 10.3. The zero-order chi connectivity index (χ0) is 9.84. The van der Waals surface area contributed by atoms with Crippen LogP contribution >= 0.6 is 15.9 Å². The third-order valence-corrected chi connectivity index (χ3v) is 2.27. The van der Waals surface area contributed by atoms with Gasteiger partial charge in [0.2, 0.25) is 0 Å². The van der Waals surface area contributed by atoms with Crippen molar-refractivity contribution in [2.75, 3.05) is 19.5 Å². The quantitative estimate of drug-likeness (QED) is 0.833. The van der Waals surface area contributed by atoms with E-state index in [0.717, 1.165) is 5.69 Å². The number of benzene rings is 1. The Labute approximate surface area is 84.4 Å². The number of ether oxygens (including phenoxy) is 1. The molecule has 5 heteroatoms. The summed E-state index contributed by atoms with van der Waals surface area (Å²) in [7, 11) is 3.32. The van der Waals surface area contributed by atoms with Gasteiger partial charge >= 0.3 is 0 Å². The Balaban J connectivity index is 3.26. The molecular weight excluding hydrogens is 236 g/mol. The van der Waals surface area contributed by atoms with E-state index in [1.807, 2.05) is 0 Å². The zero-order valence-electron chi connectivity index (χ0n) is 7.30. The first kappa shape index (κ1) is 9.98. The second kappa shape index (κ2) is 4.23. The highest BCUT2D eigenvalue weighted by atomic mass is 79.9. The molecule has 1 rings (SSSR count). The zero-order valence-corrected chi connectivity index (χ0v) is 8.88. The average molecular weight is 245 g/mol. The summed E-state index contributed by atoms with van der Waals surface area (Å²) >= 11 is 3.21. The monoisotopic (exact) mass is 244 g/mol. The Bertz CT molecular complexity index is 328. The van der Waals surface area contributed by atoms with E-state index < -0.39 is 0 Å². The van der Waals surface area contributed by atoms with Crippen LogP contribution in [-0.2, 0) is 0 Å². The minimum Gasteiger partial charge on any atom is -0.495 e. The van der Waals surface area contributed by atoms with Crippen molar-refractivity contribution < 1.29 is 4.74 Å². The Morgan fingerprint density at radius 1 is 1.54 bits per heavy atom. The molecule has 0 bridgehead atoms. The topological polar surface area (TPSA) is 50.7 Å². The molecule has 0 amide bonds. The molecule has 1 aromatic carbocycles. The fourth-order valence-corrected chi connectivity index (χ4v) is 1.37. The van der Waals surface area contributed by atoms with Crippen LogP contribution in [0.2, 0.25) is 0 Å². The molecule has 0 saturated heterocycles. The van der Waals surface area contributed by atoms with Crippen molar-refractivity contribution in [3.8, 4) is 5.75 Å². The first-order chi connectivity index (χ1) is 6.22. The fourth-order valence-electron chi connectivity index (χ4n) is 0.978. The SMILES string of the molecule is CNc1cc(N=O)c(Br)cc1OC. The van der Waals surface area contributed by atoms with Crippen LogP contribution in [0.3, 0.4) is 0 Å². The lowest BCUT2D eigenvalue weighted by atomic mass is 10.2. The molecule has 0 unspecified atom stereocenters. The predicted octanol–water partition coefficient (Wildman–Crippen LogP) is 2.90. The molecule has 0 aliphatic rings. The summed E-state index contributed by atoms with van der Waals surface area (Å²) in [6, 6.07) is 3.32. The van der Waals surface area contributed by atoms with Crippen LogP contribution in [0.4, 0.5) is 11.4 Å². The summed E-state index contributed by atoms with van der Waals surface area (Å²) in [4.78, 5) is 10.3. The molecule has 0 aromatic heterocycles. The molecule has 0 aliphatic heterocycles. The van der Waals surface area contributed by atoms with Crippen LogP contribution in [0.5, 0.6) is 5.75 Å². The molecule has 4 nitrogen and oxygen atoms in total. The number of methoxy groups -OCH3 is 1. The number of rotatable bonds is 3. The van der Waals surface area contributed by atoms with Gasteiger partial charge in [-0.05, 0) is 33.2 Å². The van der Waals surface area contributed by atoms with Crippen LogP contribution in [-0.4, -0.2) is 14.2 Å². The van der Waals surface area contributed by atoms with E-state index >= 15 is 0 Å². The number of hydrogen-bond acceptors (Lipinski definition) is 4. The number of halogens is 1. The molecule has 0 aliphatic carbocycles. The minimum absolute atomic E-state index is 0.352. The van der Waals surface area contributed by atoms with Gasteiger partial charge in [-0.15, -0.1) is 4.91 Å². The Kier molecular flexibility index (Phi) is 3.25. The number of anilines is 1. The Morgan fingerprint density at radius 2 is 2.23 bits per heavy atom. The van der Waals surface area contributed by atoms with E-state index in [-0.39, 0.29) is 0 Å². The molecular formula is C8H9BrN2O2. The lowest BCUT2D eigenvalue weighted by molar-refractivity contribution is 0.416. The number of nitrogens with zero attached hydrogens (tertiary/aromatic N) is 1. The van der Waals surface area contributed by atoms with Crippen molar-refractivity contribution in [2.45, 2.75) is 0 Å². The highest BCUT2D eigenvalue weighted by molar-refractivity contribution is 9.10. The third kappa shape index (κ3) is 1.98. The third-order valence-electron chi connectivity index (χ3n) is 1.64. The highest BCUT2D eigenvalue weighted by Gasteiger charge is 2.07. The van der Waals surface area contributed by atoms with Gasteiger partial charge < -0.3 is 10.1 Å². The normalized spacial score (nSPS) is 9.46. The summed E-state index contributed by atoms with van der Waals surface area (Å²) in [6.45, 7) is 0. The molecule has 0 saturated carbocycles. The summed E-state index contributed by atoms with van der Waals surface area (Å²) in [5.74, 6) is 0.668. The second-order valence-electron chi connectivity index (χ2n) is 2.35. The molecule has 0 radical (unpaired) electrons. The van der Waals surface area contributed by atoms with Crippen LogP contribution in [0, 0.1) is 4.91 Å². The van der Waals surface area contributed by atoms with E-state index in [1.54, 1.807) is 26.3 Å². The predicted molar refractivity (Wildman–Crippen MR) is 55.7 cm³/mol. The first-order valence-electron chi connectivity index (χ1n) is 3.61. The minimum atomic E-state index is 0.352. The maximum atomic E-state index is 10.3. The Morgan fingerprint density at radius 3 is 2.69 bits per heavy atom. The molecule has 70 valence electrons. The van der Waals surface area contributed by atoms with Crippen LogP contribution < -0.4 is 10.1 Å². The van der Waals surface area contributed by atoms with Crippen molar-refractivity contribution in [2.24, 2.45) is 5.18 Å². The lowest BCUT2D eigenvalue weighted by Gasteiger charge is -2.08. The van der Waals surface area contributed by atoms with Crippen molar-refractivity contribution >= 4 is 27.3 Å². The van der Waals surface area contributed by atoms with Crippen molar-refractivity contribution in [1.29, 1.82) is 0 Å². The van der Waals surface area contributed by atoms with Gasteiger partial charge in [-0.25, -0.2) is 0 Å². The average Bonchev–Trinajstić information content (AvgIpc) is 2.17. The molecule has 0 fully saturated rings. The van der Waals surface area contributed by atoms with Crippen LogP contribution in [0.1, 0.15) is 0 Å². The molecule has 0 spiro atoms. The summed E-state index contributed by atoms with van der Waals surface area (Å²) < 4.78 is 5.70. The van der Waals surface area contributed by atoms with Crippen molar-refractivity contribution in [1.82, 2.24) is 0 Å². The summed E-state index contributed by atoms with van der Waals surface area (Å²) in [6.07, 6.45) is 0. The van der Waals surface area contributed by atoms with Gasteiger partial charge in [-0.2, -0.15) is 0 Å². The molecule has 0 heterocycles. The van der Waals surface area contributed by atoms with Gasteiger partial charge in [0.1, 0.15) is 11.4 Å². The van der Waals surface area contributed by atoms with Crippen LogP contribution in [0.25, 0.3) is 0 Å². The van der Waals surface area contributed by atoms with Gasteiger partial charge in [-0.1, -0.05) is 0 Å².